The molecule has 1 aromatic rings. The quantitative estimate of drug-likeness (QED) is 0.742. The average Bonchev–Trinajstić information content (AvgIpc) is 2.82. The van der Waals surface area contributed by atoms with E-state index in [0.717, 1.165) is 12.8 Å². The summed E-state index contributed by atoms with van der Waals surface area (Å²) in [6, 6.07) is 0. The van der Waals surface area contributed by atoms with E-state index in [1.54, 1.807) is 0 Å². The van der Waals surface area contributed by atoms with E-state index in [-0.39, 0.29) is 24.8 Å². The molecule has 0 aliphatic rings. The Morgan fingerprint density at radius 3 is 2.62 bits per heavy atom. The lowest BCUT2D eigenvalue weighted by molar-refractivity contribution is -0.144. The molecular weight excluding hydrogens is 274 g/mol. The third kappa shape index (κ3) is 6.37. The second-order valence-corrected chi connectivity index (χ2v) is 5.42. The molecule has 0 spiro atoms. The Kier molecular flexibility index (Phi) is 6.84. The lowest BCUT2D eigenvalue weighted by Gasteiger charge is -2.22. The van der Waals surface area contributed by atoms with Gasteiger partial charge in [0.05, 0.1) is 0 Å². The average molecular weight is 297 g/mol. The van der Waals surface area contributed by atoms with Crippen LogP contribution in [0.5, 0.6) is 0 Å². The second-order valence-electron chi connectivity index (χ2n) is 5.42. The van der Waals surface area contributed by atoms with Gasteiger partial charge in [-0.05, 0) is 12.3 Å². The molecule has 0 radical (unpaired) electrons. The molecule has 1 aromatic heterocycles. The van der Waals surface area contributed by atoms with E-state index in [1.165, 1.54) is 4.90 Å². The Hall–Kier alpha value is -1.92. The van der Waals surface area contributed by atoms with E-state index >= 15 is 0 Å². The van der Waals surface area contributed by atoms with Crippen LogP contribution in [0.2, 0.25) is 0 Å². The minimum atomic E-state index is -1.01. The SMILES string of the molecule is CCCc1noc(CCC(=O)N(CC(=O)O)CC(C)C)n1. The fraction of sp³-hybridized carbons (Fsp3) is 0.714. The summed E-state index contributed by atoms with van der Waals surface area (Å²) < 4.78 is 5.06. The van der Waals surface area contributed by atoms with Gasteiger partial charge in [0, 0.05) is 25.8 Å². The molecule has 7 heteroatoms. The van der Waals surface area contributed by atoms with Gasteiger partial charge < -0.3 is 14.5 Å². The first-order chi connectivity index (χ1) is 9.92. The molecule has 21 heavy (non-hydrogen) atoms. The summed E-state index contributed by atoms with van der Waals surface area (Å²) in [7, 11) is 0. The van der Waals surface area contributed by atoms with Crippen molar-refractivity contribution in [3.63, 3.8) is 0 Å². The molecular formula is C14H23N3O4. The van der Waals surface area contributed by atoms with E-state index in [9.17, 15) is 9.59 Å². The van der Waals surface area contributed by atoms with Gasteiger partial charge >= 0.3 is 5.97 Å². The van der Waals surface area contributed by atoms with E-state index in [2.05, 4.69) is 10.1 Å². The molecule has 0 saturated carbocycles. The summed E-state index contributed by atoms with van der Waals surface area (Å²) in [4.78, 5) is 28.4. The van der Waals surface area contributed by atoms with Crippen LogP contribution in [0, 0.1) is 5.92 Å². The summed E-state index contributed by atoms with van der Waals surface area (Å²) in [5.74, 6) is 0.0670. The minimum Gasteiger partial charge on any atom is -0.480 e. The molecule has 0 unspecified atom stereocenters. The maximum absolute atomic E-state index is 12.1. The highest BCUT2D eigenvalue weighted by Crippen LogP contribution is 2.07. The highest BCUT2D eigenvalue weighted by Gasteiger charge is 2.18. The smallest absolute Gasteiger partial charge is 0.323 e. The number of aryl methyl sites for hydroxylation is 2. The van der Waals surface area contributed by atoms with Crippen LogP contribution in [0.15, 0.2) is 4.52 Å². The highest BCUT2D eigenvalue weighted by atomic mass is 16.5. The number of hydrogen-bond acceptors (Lipinski definition) is 5. The molecule has 0 saturated heterocycles. The molecule has 1 heterocycles. The van der Waals surface area contributed by atoms with Crippen LogP contribution >= 0.6 is 0 Å². The standard InChI is InChI=1S/C14H23N3O4/c1-4-5-11-15-12(21-16-11)6-7-13(18)17(8-10(2)3)9-14(19)20/h10H,4-9H2,1-3H3,(H,19,20). The van der Waals surface area contributed by atoms with Crippen molar-refractivity contribution in [1.29, 1.82) is 0 Å². The first kappa shape index (κ1) is 17.1. The van der Waals surface area contributed by atoms with Gasteiger partial charge in [0.1, 0.15) is 6.54 Å². The number of amides is 1. The van der Waals surface area contributed by atoms with Gasteiger partial charge in [0.25, 0.3) is 0 Å². The summed E-state index contributed by atoms with van der Waals surface area (Å²) in [5, 5.41) is 12.7. The monoisotopic (exact) mass is 297 g/mol. The number of carbonyl (C=O) groups excluding carboxylic acids is 1. The number of carboxylic acid groups (broad SMARTS) is 1. The fourth-order valence-electron chi connectivity index (χ4n) is 1.95. The van der Waals surface area contributed by atoms with Crippen LogP contribution in [0.25, 0.3) is 0 Å². The van der Waals surface area contributed by atoms with E-state index in [4.69, 9.17) is 9.63 Å². The molecule has 7 nitrogen and oxygen atoms in total. The van der Waals surface area contributed by atoms with Crippen LogP contribution < -0.4 is 0 Å². The summed E-state index contributed by atoms with van der Waals surface area (Å²) in [6.07, 6.45) is 2.19. The molecule has 1 rings (SSSR count). The third-order valence-electron chi connectivity index (χ3n) is 2.80. The zero-order valence-electron chi connectivity index (χ0n) is 12.8. The van der Waals surface area contributed by atoms with Gasteiger partial charge in [-0.15, -0.1) is 0 Å². The second kappa shape index (κ2) is 8.39. The lowest BCUT2D eigenvalue weighted by Crippen LogP contribution is -2.38. The molecule has 0 fully saturated rings. The maximum atomic E-state index is 12.1. The van der Waals surface area contributed by atoms with Gasteiger partial charge in [-0.3, -0.25) is 9.59 Å². The Morgan fingerprint density at radius 1 is 1.33 bits per heavy atom. The maximum Gasteiger partial charge on any atom is 0.323 e. The van der Waals surface area contributed by atoms with Gasteiger partial charge in [0.15, 0.2) is 5.82 Å². The van der Waals surface area contributed by atoms with Gasteiger partial charge in [-0.2, -0.15) is 4.98 Å². The summed E-state index contributed by atoms with van der Waals surface area (Å²) >= 11 is 0. The predicted molar refractivity (Wildman–Crippen MR) is 75.7 cm³/mol. The lowest BCUT2D eigenvalue weighted by atomic mass is 10.2. The topological polar surface area (TPSA) is 96.5 Å². The molecule has 1 amide bonds. The van der Waals surface area contributed by atoms with Crippen molar-refractivity contribution in [2.75, 3.05) is 13.1 Å². The summed E-state index contributed by atoms with van der Waals surface area (Å²) in [5.41, 5.74) is 0. The molecule has 0 atom stereocenters. The van der Waals surface area contributed by atoms with Crippen LogP contribution in [-0.2, 0) is 22.4 Å². The molecule has 0 bridgehead atoms. The first-order valence-electron chi connectivity index (χ1n) is 7.23. The number of hydrogen-bond donors (Lipinski definition) is 1. The Labute approximate surface area is 124 Å². The molecule has 0 aliphatic heterocycles. The van der Waals surface area contributed by atoms with Crippen molar-refractivity contribution in [3.05, 3.63) is 11.7 Å². The van der Waals surface area contributed by atoms with Crippen LogP contribution in [0.3, 0.4) is 0 Å². The van der Waals surface area contributed by atoms with Gasteiger partial charge in [0.2, 0.25) is 11.8 Å². The van der Waals surface area contributed by atoms with Crippen molar-refractivity contribution < 1.29 is 19.2 Å². The van der Waals surface area contributed by atoms with Crippen molar-refractivity contribution in [1.82, 2.24) is 15.0 Å². The molecule has 0 aromatic carbocycles. The normalized spacial score (nSPS) is 10.9. The number of nitrogens with zero attached hydrogens (tertiary/aromatic N) is 3. The van der Waals surface area contributed by atoms with Crippen molar-refractivity contribution in [3.8, 4) is 0 Å². The largest absolute Gasteiger partial charge is 0.480 e. The first-order valence-corrected chi connectivity index (χ1v) is 7.23. The number of carbonyl (C=O) groups is 2. The van der Waals surface area contributed by atoms with Gasteiger partial charge in [-0.1, -0.05) is 25.9 Å². The van der Waals surface area contributed by atoms with Crippen LogP contribution in [-0.4, -0.2) is 45.1 Å². The fourth-order valence-corrected chi connectivity index (χ4v) is 1.95. The Morgan fingerprint density at radius 2 is 2.05 bits per heavy atom. The van der Waals surface area contributed by atoms with Crippen molar-refractivity contribution >= 4 is 11.9 Å². The predicted octanol–water partition coefficient (Wildman–Crippen LogP) is 1.52. The number of aliphatic carboxylic acids is 1. The number of rotatable bonds is 9. The number of aromatic nitrogens is 2. The van der Waals surface area contributed by atoms with Gasteiger partial charge in [-0.25, -0.2) is 0 Å². The molecule has 0 aliphatic carbocycles. The minimum absolute atomic E-state index is 0.174. The Bertz CT molecular complexity index is 471. The van der Waals surface area contributed by atoms with Crippen molar-refractivity contribution in [2.45, 2.75) is 46.5 Å². The third-order valence-corrected chi connectivity index (χ3v) is 2.80. The van der Waals surface area contributed by atoms with Crippen LogP contribution in [0.4, 0.5) is 0 Å². The summed E-state index contributed by atoms with van der Waals surface area (Å²) in [6.45, 7) is 6.06. The Balaban J connectivity index is 2.53. The molecule has 1 N–H and O–H groups in total. The van der Waals surface area contributed by atoms with E-state index in [1.807, 2.05) is 20.8 Å². The van der Waals surface area contributed by atoms with Crippen LogP contribution in [0.1, 0.15) is 45.3 Å². The van der Waals surface area contributed by atoms with E-state index in [0.29, 0.717) is 24.7 Å². The highest BCUT2D eigenvalue weighted by molar-refractivity contribution is 5.81. The zero-order valence-corrected chi connectivity index (χ0v) is 12.8. The van der Waals surface area contributed by atoms with Crippen molar-refractivity contribution in [2.24, 2.45) is 5.92 Å². The van der Waals surface area contributed by atoms with E-state index < -0.39 is 5.97 Å². The zero-order chi connectivity index (χ0) is 15.8. The number of carboxylic acids is 1. The molecule has 118 valence electrons.